The van der Waals surface area contributed by atoms with Crippen LogP contribution in [0.2, 0.25) is 0 Å². The fourth-order valence-corrected chi connectivity index (χ4v) is 2.82. The summed E-state index contributed by atoms with van der Waals surface area (Å²) in [6.07, 6.45) is 8.06. The largest absolute Gasteiger partial charge is 0.481 e. The molecule has 1 atom stereocenters. The van der Waals surface area contributed by atoms with Gasteiger partial charge in [-0.1, -0.05) is 26.2 Å². The van der Waals surface area contributed by atoms with Crippen LogP contribution in [0.1, 0.15) is 39.5 Å². The molecule has 0 saturated carbocycles. The molecule has 0 radical (unpaired) electrons. The van der Waals surface area contributed by atoms with Gasteiger partial charge in [0.25, 0.3) is 0 Å². The van der Waals surface area contributed by atoms with Crippen molar-refractivity contribution >= 4 is 12.0 Å². The van der Waals surface area contributed by atoms with Gasteiger partial charge in [0, 0.05) is 19.6 Å². The Morgan fingerprint density at radius 2 is 2.10 bits per heavy atom. The Morgan fingerprint density at radius 1 is 1.40 bits per heavy atom. The van der Waals surface area contributed by atoms with Gasteiger partial charge in [-0.05, 0) is 19.3 Å². The molecule has 1 rings (SSSR count). The fraction of sp³-hybridized carbons (Fsp3) is 0.733. The highest BCUT2D eigenvalue weighted by atomic mass is 16.4. The molecular formula is C15H24N2O3. The number of likely N-dealkylation sites (tertiary alicyclic amines) is 1. The van der Waals surface area contributed by atoms with E-state index in [1.54, 1.807) is 9.80 Å². The molecule has 1 aliphatic rings. The highest BCUT2D eigenvalue weighted by molar-refractivity contribution is 5.80. The molecule has 0 aromatic rings. The molecule has 1 N–H and O–H groups in total. The smallest absolute Gasteiger partial charge is 0.320 e. The first kappa shape index (κ1) is 16.4. The maximum atomic E-state index is 12.4. The number of carbonyl (C=O) groups excluding carboxylic acids is 1. The second-order valence-corrected chi connectivity index (χ2v) is 5.42. The van der Waals surface area contributed by atoms with Crippen LogP contribution in [0.3, 0.4) is 0 Å². The topological polar surface area (TPSA) is 60.9 Å². The number of aliphatic carboxylic acids is 1. The number of hydrogen-bond acceptors (Lipinski definition) is 2. The first-order valence-electron chi connectivity index (χ1n) is 7.21. The highest BCUT2D eigenvalue weighted by Crippen LogP contribution is 2.36. The average Bonchev–Trinajstić information content (AvgIpc) is 2.84. The molecule has 1 aliphatic heterocycles. The molecule has 5 heteroatoms. The van der Waals surface area contributed by atoms with Crippen molar-refractivity contribution in [3.8, 4) is 12.3 Å². The standard InChI is InChI=1S/C15H24N2O3/c1-4-7-15(13(18)19)8-11-17(12-15)14(20)16(9-5-2)10-6-3/h2H,4,6-12H2,1,3H3,(H,18,19). The Hall–Kier alpha value is -1.70. The molecule has 1 fully saturated rings. The van der Waals surface area contributed by atoms with Gasteiger partial charge < -0.3 is 14.9 Å². The summed E-state index contributed by atoms with van der Waals surface area (Å²) >= 11 is 0. The zero-order valence-electron chi connectivity index (χ0n) is 12.4. The summed E-state index contributed by atoms with van der Waals surface area (Å²) in [4.78, 5) is 27.2. The van der Waals surface area contributed by atoms with E-state index in [0.29, 0.717) is 32.5 Å². The lowest BCUT2D eigenvalue weighted by atomic mass is 9.83. The summed E-state index contributed by atoms with van der Waals surface area (Å²) in [5.74, 6) is 1.69. The van der Waals surface area contributed by atoms with Crippen LogP contribution in [-0.2, 0) is 4.79 Å². The molecule has 20 heavy (non-hydrogen) atoms. The number of terminal acetylenes is 1. The summed E-state index contributed by atoms with van der Waals surface area (Å²) in [6.45, 7) is 5.62. The molecule has 1 heterocycles. The van der Waals surface area contributed by atoms with Crippen LogP contribution in [0.15, 0.2) is 0 Å². The van der Waals surface area contributed by atoms with Gasteiger partial charge in [-0.15, -0.1) is 6.42 Å². The number of amides is 2. The molecular weight excluding hydrogens is 256 g/mol. The molecule has 112 valence electrons. The second kappa shape index (κ2) is 7.18. The van der Waals surface area contributed by atoms with Crippen LogP contribution >= 0.6 is 0 Å². The zero-order valence-corrected chi connectivity index (χ0v) is 12.4. The summed E-state index contributed by atoms with van der Waals surface area (Å²) in [7, 11) is 0. The molecule has 0 spiro atoms. The van der Waals surface area contributed by atoms with E-state index >= 15 is 0 Å². The van der Waals surface area contributed by atoms with Crippen molar-refractivity contribution in [2.45, 2.75) is 39.5 Å². The van der Waals surface area contributed by atoms with Crippen LogP contribution in [0.25, 0.3) is 0 Å². The van der Waals surface area contributed by atoms with E-state index in [1.165, 1.54) is 0 Å². The number of carbonyl (C=O) groups is 2. The van der Waals surface area contributed by atoms with Gasteiger partial charge in [0.05, 0.1) is 12.0 Å². The van der Waals surface area contributed by atoms with Gasteiger partial charge in [0.2, 0.25) is 0 Å². The maximum Gasteiger partial charge on any atom is 0.320 e. The third-order valence-corrected chi connectivity index (χ3v) is 3.85. The van der Waals surface area contributed by atoms with Crippen LogP contribution in [0.5, 0.6) is 0 Å². The van der Waals surface area contributed by atoms with Gasteiger partial charge in [-0.25, -0.2) is 4.79 Å². The fourth-order valence-electron chi connectivity index (χ4n) is 2.82. The van der Waals surface area contributed by atoms with Gasteiger partial charge >= 0.3 is 12.0 Å². The van der Waals surface area contributed by atoms with Crippen molar-refractivity contribution < 1.29 is 14.7 Å². The number of carboxylic acids is 1. The zero-order chi connectivity index (χ0) is 15.2. The van der Waals surface area contributed by atoms with Crippen molar-refractivity contribution in [3.63, 3.8) is 0 Å². The molecule has 0 aliphatic carbocycles. The third kappa shape index (κ3) is 3.44. The van der Waals surface area contributed by atoms with Crippen molar-refractivity contribution in [2.24, 2.45) is 5.41 Å². The SMILES string of the molecule is C#CCN(CCC)C(=O)N1CCC(CCC)(C(=O)O)C1. The van der Waals surface area contributed by atoms with Crippen LogP contribution in [-0.4, -0.2) is 53.1 Å². The summed E-state index contributed by atoms with van der Waals surface area (Å²) in [5, 5.41) is 9.46. The summed E-state index contributed by atoms with van der Waals surface area (Å²) in [6, 6.07) is -0.135. The van der Waals surface area contributed by atoms with Crippen LogP contribution in [0.4, 0.5) is 4.79 Å². The predicted molar refractivity (Wildman–Crippen MR) is 77.3 cm³/mol. The third-order valence-electron chi connectivity index (χ3n) is 3.85. The summed E-state index contributed by atoms with van der Waals surface area (Å²) in [5.41, 5.74) is -0.779. The minimum absolute atomic E-state index is 0.135. The number of carboxylic acid groups (broad SMARTS) is 1. The second-order valence-electron chi connectivity index (χ2n) is 5.42. The van der Waals surface area contributed by atoms with Gasteiger partial charge in [-0.2, -0.15) is 0 Å². The van der Waals surface area contributed by atoms with E-state index in [2.05, 4.69) is 5.92 Å². The maximum absolute atomic E-state index is 12.4. The van der Waals surface area contributed by atoms with E-state index in [4.69, 9.17) is 6.42 Å². The molecule has 0 aromatic heterocycles. The van der Waals surface area contributed by atoms with E-state index in [0.717, 1.165) is 12.8 Å². The lowest BCUT2D eigenvalue weighted by Gasteiger charge is -2.28. The Balaban J connectivity index is 2.77. The minimum atomic E-state index is -0.798. The highest BCUT2D eigenvalue weighted by Gasteiger charge is 2.46. The van der Waals surface area contributed by atoms with E-state index in [9.17, 15) is 14.7 Å². The summed E-state index contributed by atoms with van der Waals surface area (Å²) < 4.78 is 0. The van der Waals surface area contributed by atoms with Crippen molar-refractivity contribution in [1.29, 1.82) is 0 Å². The van der Waals surface area contributed by atoms with Crippen molar-refractivity contribution in [2.75, 3.05) is 26.2 Å². The Labute approximate surface area is 120 Å². The first-order chi connectivity index (χ1) is 9.50. The lowest BCUT2D eigenvalue weighted by molar-refractivity contribution is -0.148. The van der Waals surface area contributed by atoms with Crippen LogP contribution < -0.4 is 0 Å². The van der Waals surface area contributed by atoms with Gasteiger partial charge in [0.1, 0.15) is 0 Å². The number of urea groups is 1. The lowest BCUT2D eigenvalue weighted by Crippen LogP contribution is -2.44. The molecule has 5 nitrogen and oxygen atoms in total. The number of hydrogen-bond donors (Lipinski definition) is 1. The Morgan fingerprint density at radius 3 is 2.60 bits per heavy atom. The monoisotopic (exact) mass is 280 g/mol. The van der Waals surface area contributed by atoms with Gasteiger partial charge in [0.15, 0.2) is 0 Å². The predicted octanol–water partition coefficient (Wildman–Crippen LogP) is 2.03. The van der Waals surface area contributed by atoms with E-state index in [1.807, 2.05) is 13.8 Å². The van der Waals surface area contributed by atoms with Gasteiger partial charge in [-0.3, -0.25) is 4.79 Å². The molecule has 0 bridgehead atoms. The molecule has 1 saturated heterocycles. The van der Waals surface area contributed by atoms with E-state index < -0.39 is 11.4 Å². The normalized spacial score (nSPS) is 21.6. The Kier molecular flexibility index (Phi) is 5.87. The van der Waals surface area contributed by atoms with Crippen molar-refractivity contribution in [1.82, 2.24) is 9.80 Å². The number of nitrogens with zero attached hydrogens (tertiary/aromatic N) is 2. The molecule has 1 unspecified atom stereocenters. The Bertz CT molecular complexity index is 402. The van der Waals surface area contributed by atoms with E-state index in [-0.39, 0.29) is 12.6 Å². The number of rotatable bonds is 6. The molecule has 0 aromatic carbocycles. The first-order valence-corrected chi connectivity index (χ1v) is 7.21. The average molecular weight is 280 g/mol. The minimum Gasteiger partial charge on any atom is -0.481 e. The molecule has 2 amide bonds. The van der Waals surface area contributed by atoms with Crippen LogP contribution in [0, 0.1) is 17.8 Å². The van der Waals surface area contributed by atoms with Crippen molar-refractivity contribution in [3.05, 3.63) is 0 Å². The quantitative estimate of drug-likeness (QED) is 0.757.